The highest BCUT2D eigenvalue weighted by atomic mass is 35.5. The molecule has 0 unspecified atom stereocenters. The minimum Gasteiger partial charge on any atom is -0.478 e. The smallest absolute Gasteiger partial charge is 0.337 e. The molecule has 1 saturated heterocycles. The Morgan fingerprint density at radius 2 is 1.81 bits per heavy atom. The Bertz CT molecular complexity index is 1290. The van der Waals surface area contributed by atoms with E-state index in [0.717, 1.165) is 60.0 Å². The molecule has 0 aliphatic carbocycles. The number of hydrogen-bond donors (Lipinski definition) is 1. The molecule has 162 valence electrons. The summed E-state index contributed by atoms with van der Waals surface area (Å²) in [5.41, 5.74) is 5.30. The van der Waals surface area contributed by atoms with E-state index in [0.29, 0.717) is 5.02 Å². The van der Waals surface area contributed by atoms with Crippen molar-refractivity contribution in [2.45, 2.75) is 6.92 Å². The second-order valence-electron chi connectivity index (χ2n) is 7.85. The van der Waals surface area contributed by atoms with Gasteiger partial charge in [-0.15, -0.1) is 0 Å². The molecule has 4 aromatic rings. The van der Waals surface area contributed by atoms with Crippen LogP contribution in [0.15, 0.2) is 60.9 Å². The summed E-state index contributed by atoms with van der Waals surface area (Å²) in [5, 5.41) is 14.5. The molecule has 3 aromatic heterocycles. The Morgan fingerprint density at radius 1 is 1.03 bits per heavy atom. The number of aromatic nitrogens is 3. The van der Waals surface area contributed by atoms with Crippen molar-refractivity contribution in [3.8, 4) is 11.3 Å². The summed E-state index contributed by atoms with van der Waals surface area (Å²) in [4.78, 5) is 19.9. The first-order valence-electron chi connectivity index (χ1n) is 10.4. The van der Waals surface area contributed by atoms with Crippen molar-refractivity contribution in [2.24, 2.45) is 0 Å². The van der Waals surface area contributed by atoms with Crippen LogP contribution in [-0.4, -0.2) is 51.9 Å². The van der Waals surface area contributed by atoms with E-state index in [9.17, 15) is 4.79 Å². The maximum Gasteiger partial charge on any atom is 0.337 e. The molecule has 1 aliphatic rings. The number of carboxylic acid groups (broad SMARTS) is 1. The molecular formula is C24H22ClN5O2. The van der Waals surface area contributed by atoms with Crippen molar-refractivity contribution >= 4 is 34.6 Å². The van der Waals surface area contributed by atoms with E-state index in [2.05, 4.69) is 33.8 Å². The Hall–Kier alpha value is -3.58. The third-order valence-corrected chi connectivity index (χ3v) is 6.28. The lowest BCUT2D eigenvalue weighted by Crippen LogP contribution is -2.46. The summed E-state index contributed by atoms with van der Waals surface area (Å²) in [7, 11) is 0. The first kappa shape index (κ1) is 20.3. The van der Waals surface area contributed by atoms with E-state index in [1.54, 1.807) is 12.1 Å². The lowest BCUT2D eigenvalue weighted by atomic mass is 10.1. The number of carbonyl (C=O) groups is 1. The molecule has 1 fully saturated rings. The average Bonchev–Trinajstić information content (AvgIpc) is 3.16. The highest BCUT2D eigenvalue weighted by Crippen LogP contribution is 2.34. The minimum atomic E-state index is -0.965. The number of piperazine rings is 1. The maximum absolute atomic E-state index is 11.0. The number of carboxylic acids is 1. The fourth-order valence-corrected chi connectivity index (χ4v) is 4.37. The third kappa shape index (κ3) is 3.65. The van der Waals surface area contributed by atoms with Crippen molar-refractivity contribution < 1.29 is 9.90 Å². The molecule has 0 radical (unpaired) electrons. The quantitative estimate of drug-likeness (QED) is 0.500. The van der Waals surface area contributed by atoms with Crippen LogP contribution in [0.5, 0.6) is 0 Å². The zero-order valence-corrected chi connectivity index (χ0v) is 18.3. The number of benzene rings is 1. The van der Waals surface area contributed by atoms with Crippen LogP contribution in [0.1, 0.15) is 15.9 Å². The molecule has 1 N–H and O–H groups in total. The van der Waals surface area contributed by atoms with Gasteiger partial charge in [0.05, 0.1) is 21.8 Å². The van der Waals surface area contributed by atoms with Crippen molar-refractivity contribution in [3.05, 3.63) is 77.1 Å². The van der Waals surface area contributed by atoms with Crippen molar-refractivity contribution in [1.82, 2.24) is 14.6 Å². The Balaban J connectivity index is 1.36. The minimum absolute atomic E-state index is 0.198. The van der Waals surface area contributed by atoms with Gasteiger partial charge in [0.25, 0.3) is 0 Å². The second kappa shape index (κ2) is 8.16. The molecule has 0 spiro atoms. The molecule has 8 heteroatoms. The second-order valence-corrected chi connectivity index (χ2v) is 8.26. The number of anilines is 2. The molecule has 4 heterocycles. The number of aromatic carboxylic acids is 1. The van der Waals surface area contributed by atoms with Gasteiger partial charge in [-0.05, 0) is 49.4 Å². The van der Waals surface area contributed by atoms with Crippen LogP contribution >= 0.6 is 11.6 Å². The van der Waals surface area contributed by atoms with Gasteiger partial charge in [0.15, 0.2) is 0 Å². The van der Waals surface area contributed by atoms with Gasteiger partial charge in [-0.3, -0.25) is 0 Å². The predicted molar refractivity (Wildman–Crippen MR) is 126 cm³/mol. The van der Waals surface area contributed by atoms with Crippen molar-refractivity contribution in [1.29, 1.82) is 0 Å². The largest absolute Gasteiger partial charge is 0.478 e. The van der Waals surface area contributed by atoms with Gasteiger partial charge in [-0.1, -0.05) is 17.7 Å². The first-order valence-corrected chi connectivity index (χ1v) is 10.8. The highest BCUT2D eigenvalue weighted by Gasteiger charge is 2.21. The van der Waals surface area contributed by atoms with Crippen LogP contribution in [0, 0.1) is 6.92 Å². The van der Waals surface area contributed by atoms with Gasteiger partial charge in [-0.25, -0.2) is 14.3 Å². The summed E-state index contributed by atoms with van der Waals surface area (Å²) in [6.45, 7) is 5.32. The zero-order valence-electron chi connectivity index (χ0n) is 17.6. The number of fused-ring (bicyclic) bond motifs is 1. The van der Waals surface area contributed by atoms with E-state index in [1.165, 1.54) is 6.20 Å². The van der Waals surface area contributed by atoms with E-state index in [4.69, 9.17) is 21.8 Å². The molecule has 7 nitrogen and oxygen atoms in total. The molecule has 5 rings (SSSR count). The number of halogens is 1. The molecule has 32 heavy (non-hydrogen) atoms. The number of nitrogens with zero attached hydrogens (tertiary/aromatic N) is 5. The zero-order chi connectivity index (χ0) is 22.2. The van der Waals surface area contributed by atoms with E-state index in [1.807, 2.05) is 35.0 Å². The van der Waals surface area contributed by atoms with Crippen LogP contribution in [0.4, 0.5) is 11.5 Å². The Labute approximate surface area is 190 Å². The number of pyridine rings is 2. The average molecular weight is 448 g/mol. The van der Waals surface area contributed by atoms with E-state index < -0.39 is 5.97 Å². The Kier molecular flexibility index (Phi) is 5.19. The monoisotopic (exact) mass is 447 g/mol. The summed E-state index contributed by atoms with van der Waals surface area (Å²) in [6, 6.07) is 15.5. The van der Waals surface area contributed by atoms with E-state index in [-0.39, 0.29) is 5.56 Å². The molecule has 0 atom stereocenters. The van der Waals surface area contributed by atoms with Gasteiger partial charge in [0.1, 0.15) is 5.82 Å². The van der Waals surface area contributed by atoms with Crippen LogP contribution in [0.2, 0.25) is 5.02 Å². The normalized spacial score (nSPS) is 14.2. The van der Waals surface area contributed by atoms with Crippen LogP contribution in [-0.2, 0) is 0 Å². The van der Waals surface area contributed by atoms with Gasteiger partial charge < -0.3 is 14.9 Å². The molecule has 0 saturated carbocycles. The lowest BCUT2D eigenvalue weighted by Gasteiger charge is -2.37. The van der Waals surface area contributed by atoms with Crippen LogP contribution < -0.4 is 9.80 Å². The van der Waals surface area contributed by atoms with Crippen molar-refractivity contribution in [2.75, 3.05) is 36.0 Å². The Morgan fingerprint density at radius 3 is 2.50 bits per heavy atom. The van der Waals surface area contributed by atoms with Gasteiger partial charge in [0, 0.05) is 55.4 Å². The number of hydrogen-bond acceptors (Lipinski definition) is 5. The molecule has 0 amide bonds. The summed E-state index contributed by atoms with van der Waals surface area (Å²) < 4.78 is 1.88. The first-order chi connectivity index (χ1) is 15.5. The van der Waals surface area contributed by atoms with E-state index >= 15 is 0 Å². The fraction of sp³-hybridized carbons (Fsp3) is 0.208. The van der Waals surface area contributed by atoms with Crippen molar-refractivity contribution in [3.63, 3.8) is 0 Å². The van der Waals surface area contributed by atoms with Crippen LogP contribution in [0.3, 0.4) is 0 Å². The molecule has 0 bridgehead atoms. The standard InChI is InChI=1S/C24H22ClN5O2/c1-16-21-4-2-3-9-30(21)27-23(16)19-14-18(6-7-20(19)25)28-10-12-29(13-11-28)22-8-5-17(15-26-22)24(31)32/h2-9,14-15H,10-13H2,1H3,(H,31,32). The fourth-order valence-electron chi connectivity index (χ4n) is 4.16. The highest BCUT2D eigenvalue weighted by molar-refractivity contribution is 6.33. The van der Waals surface area contributed by atoms with Gasteiger partial charge in [-0.2, -0.15) is 5.10 Å². The third-order valence-electron chi connectivity index (χ3n) is 5.96. The number of aryl methyl sites for hydroxylation is 1. The van der Waals surface area contributed by atoms with Gasteiger partial charge >= 0.3 is 5.97 Å². The number of rotatable bonds is 4. The summed E-state index contributed by atoms with van der Waals surface area (Å²) in [5.74, 6) is -0.167. The molecule has 1 aromatic carbocycles. The van der Waals surface area contributed by atoms with Gasteiger partial charge in [0.2, 0.25) is 0 Å². The summed E-state index contributed by atoms with van der Waals surface area (Å²) in [6.07, 6.45) is 3.35. The topological polar surface area (TPSA) is 74.0 Å². The predicted octanol–water partition coefficient (Wildman–Crippen LogP) is 4.38. The molecule has 1 aliphatic heterocycles. The molecular weight excluding hydrogens is 426 g/mol. The SMILES string of the molecule is Cc1c(-c2cc(N3CCN(c4ccc(C(=O)O)cn4)CC3)ccc2Cl)nn2ccccc12. The van der Waals surface area contributed by atoms with Crippen LogP contribution in [0.25, 0.3) is 16.8 Å². The summed E-state index contributed by atoms with van der Waals surface area (Å²) >= 11 is 6.58. The lowest BCUT2D eigenvalue weighted by molar-refractivity contribution is 0.0696. The maximum atomic E-state index is 11.0.